The van der Waals surface area contributed by atoms with Crippen molar-refractivity contribution in [2.75, 3.05) is 0 Å². The van der Waals surface area contributed by atoms with Gasteiger partial charge in [0.05, 0.1) is 12.1 Å². The second-order valence-corrected chi connectivity index (χ2v) is 3.87. The Hall–Kier alpha value is -1.44. The molecule has 88 valence electrons. The first-order valence-electron chi connectivity index (χ1n) is 4.86. The third-order valence-electron chi connectivity index (χ3n) is 2.83. The highest BCUT2D eigenvalue weighted by Gasteiger charge is 2.41. The third kappa shape index (κ3) is 1.69. The lowest BCUT2D eigenvalue weighted by Gasteiger charge is -2.17. The van der Waals surface area contributed by atoms with E-state index in [9.17, 15) is 24.9 Å². The molecule has 0 amide bonds. The zero-order chi connectivity index (χ0) is 11.9. The molecule has 0 aromatic carbocycles. The average molecular weight is 228 g/mol. The zero-order valence-electron chi connectivity index (χ0n) is 8.28. The molecule has 1 aromatic heterocycles. The molecule has 1 saturated carbocycles. The quantitative estimate of drug-likeness (QED) is 0.426. The van der Waals surface area contributed by atoms with Gasteiger partial charge in [-0.25, -0.2) is 4.79 Å². The van der Waals surface area contributed by atoms with Crippen LogP contribution >= 0.6 is 0 Å². The fourth-order valence-electron chi connectivity index (χ4n) is 1.95. The van der Waals surface area contributed by atoms with E-state index in [0.717, 1.165) is 10.6 Å². The average Bonchev–Trinajstić information content (AvgIpc) is 2.46. The first kappa shape index (κ1) is 11.1. The van der Waals surface area contributed by atoms with Crippen molar-refractivity contribution in [3.05, 3.63) is 33.1 Å². The number of H-pyrrole nitrogens is 1. The SMILES string of the molecule is O=c1ccn(C2CC(O)C(O)C2O)c(=O)[nH]1. The Morgan fingerprint density at radius 2 is 1.94 bits per heavy atom. The fourth-order valence-corrected chi connectivity index (χ4v) is 1.95. The van der Waals surface area contributed by atoms with Gasteiger partial charge in [0, 0.05) is 12.3 Å². The second kappa shape index (κ2) is 3.85. The molecule has 7 nitrogen and oxygen atoms in total. The zero-order valence-corrected chi connectivity index (χ0v) is 8.28. The van der Waals surface area contributed by atoms with Crippen LogP contribution in [0.15, 0.2) is 21.9 Å². The van der Waals surface area contributed by atoms with Crippen LogP contribution in [0.2, 0.25) is 0 Å². The Balaban J connectivity index is 2.39. The Morgan fingerprint density at radius 1 is 1.25 bits per heavy atom. The summed E-state index contributed by atoms with van der Waals surface area (Å²) in [5, 5.41) is 28.3. The lowest BCUT2D eigenvalue weighted by Crippen LogP contribution is -2.37. The summed E-state index contributed by atoms with van der Waals surface area (Å²) in [4.78, 5) is 24.3. The maximum Gasteiger partial charge on any atom is 0.328 e. The highest BCUT2D eigenvalue weighted by atomic mass is 16.4. The van der Waals surface area contributed by atoms with E-state index in [1.807, 2.05) is 4.98 Å². The van der Waals surface area contributed by atoms with Crippen LogP contribution in [-0.4, -0.2) is 43.2 Å². The van der Waals surface area contributed by atoms with Gasteiger partial charge in [0.25, 0.3) is 5.56 Å². The highest BCUT2D eigenvalue weighted by Crippen LogP contribution is 2.29. The van der Waals surface area contributed by atoms with Gasteiger partial charge in [0.2, 0.25) is 0 Å². The molecule has 0 radical (unpaired) electrons. The van der Waals surface area contributed by atoms with Crippen LogP contribution in [0.4, 0.5) is 0 Å². The van der Waals surface area contributed by atoms with Gasteiger partial charge in [-0.1, -0.05) is 0 Å². The van der Waals surface area contributed by atoms with Gasteiger partial charge in [0.15, 0.2) is 0 Å². The maximum atomic E-state index is 11.4. The Kier molecular flexibility index (Phi) is 2.66. The minimum absolute atomic E-state index is 0.0638. The van der Waals surface area contributed by atoms with Gasteiger partial charge in [-0.15, -0.1) is 0 Å². The number of nitrogens with one attached hydrogen (secondary N) is 1. The van der Waals surface area contributed by atoms with Crippen molar-refractivity contribution in [2.24, 2.45) is 0 Å². The lowest BCUT2D eigenvalue weighted by atomic mass is 10.2. The van der Waals surface area contributed by atoms with E-state index in [2.05, 4.69) is 0 Å². The van der Waals surface area contributed by atoms with Crippen LogP contribution < -0.4 is 11.2 Å². The third-order valence-corrected chi connectivity index (χ3v) is 2.83. The number of rotatable bonds is 1. The highest BCUT2D eigenvalue weighted by molar-refractivity contribution is 4.97. The van der Waals surface area contributed by atoms with Gasteiger partial charge in [0.1, 0.15) is 12.2 Å². The van der Waals surface area contributed by atoms with Crippen LogP contribution in [0.1, 0.15) is 12.5 Å². The monoisotopic (exact) mass is 228 g/mol. The van der Waals surface area contributed by atoms with Crippen molar-refractivity contribution in [1.82, 2.24) is 9.55 Å². The first-order chi connectivity index (χ1) is 7.50. The van der Waals surface area contributed by atoms with Gasteiger partial charge in [-0.2, -0.15) is 0 Å². The van der Waals surface area contributed by atoms with Crippen molar-refractivity contribution in [2.45, 2.75) is 30.8 Å². The van der Waals surface area contributed by atoms with Crippen LogP contribution in [-0.2, 0) is 0 Å². The molecule has 0 aliphatic heterocycles. The summed E-state index contributed by atoms with van der Waals surface area (Å²) in [6.07, 6.45) is -2.27. The molecule has 16 heavy (non-hydrogen) atoms. The Labute approximate surface area is 89.6 Å². The molecule has 0 spiro atoms. The first-order valence-corrected chi connectivity index (χ1v) is 4.86. The summed E-state index contributed by atoms with van der Waals surface area (Å²) in [5.74, 6) is 0. The molecular weight excluding hydrogens is 216 g/mol. The van der Waals surface area contributed by atoms with E-state index >= 15 is 0 Å². The number of hydrogen-bond acceptors (Lipinski definition) is 5. The molecule has 2 rings (SSSR count). The second-order valence-electron chi connectivity index (χ2n) is 3.87. The van der Waals surface area contributed by atoms with Crippen molar-refractivity contribution in [3.8, 4) is 0 Å². The number of aromatic amines is 1. The van der Waals surface area contributed by atoms with E-state index in [1.165, 1.54) is 6.20 Å². The van der Waals surface area contributed by atoms with Gasteiger partial charge >= 0.3 is 5.69 Å². The molecule has 4 unspecified atom stereocenters. The van der Waals surface area contributed by atoms with Crippen molar-refractivity contribution < 1.29 is 15.3 Å². The summed E-state index contributed by atoms with van der Waals surface area (Å²) in [7, 11) is 0. The minimum atomic E-state index is -1.27. The molecule has 1 heterocycles. The van der Waals surface area contributed by atoms with Crippen LogP contribution in [0.3, 0.4) is 0 Å². The molecule has 4 N–H and O–H groups in total. The van der Waals surface area contributed by atoms with Crippen molar-refractivity contribution in [3.63, 3.8) is 0 Å². The summed E-state index contributed by atoms with van der Waals surface area (Å²) in [6, 6.07) is 0.417. The van der Waals surface area contributed by atoms with E-state index in [-0.39, 0.29) is 6.42 Å². The summed E-state index contributed by atoms with van der Waals surface area (Å²) in [5.41, 5.74) is -1.20. The van der Waals surface area contributed by atoms with Crippen LogP contribution in [0.5, 0.6) is 0 Å². The molecule has 0 saturated heterocycles. The molecule has 1 aliphatic rings. The number of aliphatic hydroxyl groups is 3. The number of aliphatic hydroxyl groups excluding tert-OH is 3. The molecule has 0 bridgehead atoms. The Bertz CT molecular complexity index is 493. The molecule has 1 aliphatic carbocycles. The lowest BCUT2D eigenvalue weighted by molar-refractivity contribution is -0.0249. The fraction of sp³-hybridized carbons (Fsp3) is 0.556. The predicted molar refractivity (Wildman–Crippen MR) is 53.0 cm³/mol. The summed E-state index contributed by atoms with van der Waals surface area (Å²) < 4.78 is 1.10. The molecule has 1 aromatic rings. The van der Waals surface area contributed by atoms with Crippen molar-refractivity contribution >= 4 is 0 Å². The standard InChI is InChI=1S/C9H12N2O5/c12-5-3-4(7(14)8(5)15)11-2-1-6(13)10-9(11)16/h1-2,4-5,7-8,12,14-15H,3H2,(H,10,13,16). The summed E-state index contributed by atoms with van der Waals surface area (Å²) in [6.45, 7) is 0. The number of hydrogen-bond donors (Lipinski definition) is 4. The minimum Gasteiger partial charge on any atom is -0.390 e. The van der Waals surface area contributed by atoms with Crippen molar-refractivity contribution in [1.29, 1.82) is 0 Å². The number of aromatic nitrogens is 2. The van der Waals surface area contributed by atoms with E-state index in [1.54, 1.807) is 0 Å². The predicted octanol–water partition coefficient (Wildman–Crippen LogP) is -2.44. The van der Waals surface area contributed by atoms with E-state index < -0.39 is 35.6 Å². The van der Waals surface area contributed by atoms with Gasteiger partial charge < -0.3 is 15.3 Å². The number of nitrogens with zero attached hydrogens (tertiary/aromatic N) is 1. The molecule has 1 fully saturated rings. The normalized spacial score (nSPS) is 34.2. The van der Waals surface area contributed by atoms with Gasteiger partial charge in [-0.3, -0.25) is 14.3 Å². The molecule has 4 atom stereocenters. The molecule has 7 heteroatoms. The van der Waals surface area contributed by atoms with Crippen LogP contribution in [0, 0.1) is 0 Å². The van der Waals surface area contributed by atoms with Gasteiger partial charge in [-0.05, 0) is 6.42 Å². The molecular formula is C9H12N2O5. The Morgan fingerprint density at radius 3 is 2.44 bits per heavy atom. The van der Waals surface area contributed by atoms with E-state index in [0.29, 0.717) is 0 Å². The van der Waals surface area contributed by atoms with Crippen LogP contribution in [0.25, 0.3) is 0 Å². The summed E-state index contributed by atoms with van der Waals surface area (Å²) >= 11 is 0. The topological polar surface area (TPSA) is 116 Å². The smallest absolute Gasteiger partial charge is 0.328 e. The van der Waals surface area contributed by atoms with E-state index in [4.69, 9.17) is 0 Å². The maximum absolute atomic E-state index is 11.4. The largest absolute Gasteiger partial charge is 0.390 e.